The molecule has 3 heterocycles. The molecule has 0 bridgehead atoms. The lowest BCUT2D eigenvalue weighted by Crippen LogP contribution is -2.17. The number of phenols is 1. The van der Waals surface area contributed by atoms with Gasteiger partial charge in [-0.05, 0) is 35.9 Å². The fourth-order valence-electron chi connectivity index (χ4n) is 3.39. The second-order valence-electron chi connectivity index (χ2n) is 6.33. The first kappa shape index (κ1) is 16.5. The summed E-state index contributed by atoms with van der Waals surface area (Å²) in [6.07, 6.45) is 7.21. The molecule has 0 spiro atoms. The number of aromatic nitrogens is 3. The SMILES string of the molecule is O=c1c(Cc2cncnc2)cn2c3c(cc(O)cc13)Sc1ccc(Br)cc1-2. The predicted octanol–water partition coefficient (Wildman–Crippen LogP) is 4.30. The minimum absolute atomic E-state index is 0.0821. The molecule has 0 amide bonds. The zero-order valence-electron chi connectivity index (χ0n) is 13.9. The lowest BCUT2D eigenvalue weighted by Gasteiger charge is -2.23. The minimum Gasteiger partial charge on any atom is -0.508 e. The Morgan fingerprint density at radius 2 is 1.93 bits per heavy atom. The van der Waals surface area contributed by atoms with E-state index in [2.05, 4.69) is 25.9 Å². The number of benzene rings is 2. The molecule has 7 heteroatoms. The van der Waals surface area contributed by atoms with Gasteiger partial charge >= 0.3 is 0 Å². The van der Waals surface area contributed by atoms with Crippen LogP contribution < -0.4 is 5.43 Å². The predicted molar refractivity (Wildman–Crippen MR) is 108 cm³/mol. The first-order valence-corrected chi connectivity index (χ1v) is 9.84. The van der Waals surface area contributed by atoms with Gasteiger partial charge in [-0.15, -0.1) is 0 Å². The Labute approximate surface area is 166 Å². The van der Waals surface area contributed by atoms with E-state index in [0.717, 1.165) is 31.0 Å². The van der Waals surface area contributed by atoms with Crippen molar-refractivity contribution >= 4 is 38.6 Å². The molecule has 1 aliphatic rings. The molecule has 2 aromatic heterocycles. The van der Waals surface area contributed by atoms with Crippen LogP contribution in [0.2, 0.25) is 0 Å². The van der Waals surface area contributed by atoms with Gasteiger partial charge in [0.1, 0.15) is 12.1 Å². The molecule has 5 nitrogen and oxygen atoms in total. The second-order valence-corrected chi connectivity index (χ2v) is 8.33. The molecule has 0 unspecified atom stereocenters. The Morgan fingerprint density at radius 1 is 1.11 bits per heavy atom. The van der Waals surface area contributed by atoms with Crippen molar-refractivity contribution in [3.63, 3.8) is 0 Å². The summed E-state index contributed by atoms with van der Waals surface area (Å²) in [6, 6.07) is 9.32. The summed E-state index contributed by atoms with van der Waals surface area (Å²) >= 11 is 5.09. The molecule has 1 aliphatic heterocycles. The molecule has 4 aromatic rings. The quantitative estimate of drug-likeness (QED) is 0.445. The van der Waals surface area contributed by atoms with Gasteiger partial charge in [0.2, 0.25) is 0 Å². The van der Waals surface area contributed by atoms with Crippen molar-refractivity contribution in [2.24, 2.45) is 0 Å². The van der Waals surface area contributed by atoms with Crippen molar-refractivity contribution in [3.05, 3.63) is 81.1 Å². The average molecular weight is 438 g/mol. The van der Waals surface area contributed by atoms with Crippen LogP contribution >= 0.6 is 27.7 Å². The lowest BCUT2D eigenvalue weighted by molar-refractivity contribution is 0.474. The zero-order valence-corrected chi connectivity index (χ0v) is 16.3. The van der Waals surface area contributed by atoms with Gasteiger partial charge in [0.25, 0.3) is 0 Å². The molecule has 0 saturated carbocycles. The minimum atomic E-state index is -0.0821. The third-order valence-corrected chi connectivity index (χ3v) is 6.12. The molecule has 27 heavy (non-hydrogen) atoms. The van der Waals surface area contributed by atoms with Gasteiger partial charge in [-0.1, -0.05) is 27.7 Å². The third-order valence-electron chi connectivity index (χ3n) is 4.53. The summed E-state index contributed by atoms with van der Waals surface area (Å²) in [5.74, 6) is 0.0920. The van der Waals surface area contributed by atoms with E-state index in [1.807, 2.05) is 29.0 Å². The summed E-state index contributed by atoms with van der Waals surface area (Å²) in [5.41, 5.74) is 3.24. The van der Waals surface area contributed by atoms with E-state index in [1.165, 1.54) is 6.33 Å². The number of hydrogen-bond acceptors (Lipinski definition) is 5. The molecule has 2 aromatic carbocycles. The van der Waals surface area contributed by atoms with Crippen LogP contribution in [-0.2, 0) is 6.42 Å². The highest BCUT2D eigenvalue weighted by Crippen LogP contribution is 2.44. The van der Waals surface area contributed by atoms with E-state index in [9.17, 15) is 9.90 Å². The van der Waals surface area contributed by atoms with Crippen LogP contribution in [0.25, 0.3) is 16.6 Å². The number of nitrogens with zero attached hydrogens (tertiary/aromatic N) is 3. The van der Waals surface area contributed by atoms with E-state index in [4.69, 9.17) is 0 Å². The van der Waals surface area contributed by atoms with Crippen molar-refractivity contribution in [1.82, 2.24) is 14.5 Å². The van der Waals surface area contributed by atoms with E-state index >= 15 is 0 Å². The first-order valence-electron chi connectivity index (χ1n) is 8.23. The van der Waals surface area contributed by atoms with Gasteiger partial charge in [0.05, 0.1) is 16.6 Å². The number of fused-ring (bicyclic) bond motifs is 2. The average Bonchev–Trinajstić information content (AvgIpc) is 2.66. The summed E-state index contributed by atoms with van der Waals surface area (Å²) in [6.45, 7) is 0. The maximum atomic E-state index is 13.1. The second kappa shape index (κ2) is 6.21. The Bertz CT molecular complexity index is 1270. The molecule has 0 aliphatic carbocycles. The van der Waals surface area contributed by atoms with Gasteiger partial charge in [-0.25, -0.2) is 9.97 Å². The van der Waals surface area contributed by atoms with Gasteiger partial charge in [0, 0.05) is 44.8 Å². The monoisotopic (exact) mass is 437 g/mol. The molecular formula is C20H12BrN3O2S. The molecular weight excluding hydrogens is 426 g/mol. The van der Waals surface area contributed by atoms with E-state index in [0.29, 0.717) is 17.4 Å². The van der Waals surface area contributed by atoms with Crippen LogP contribution in [0.15, 0.2) is 74.3 Å². The van der Waals surface area contributed by atoms with Crippen LogP contribution in [0.3, 0.4) is 0 Å². The van der Waals surface area contributed by atoms with Crippen LogP contribution in [-0.4, -0.2) is 19.6 Å². The van der Waals surface area contributed by atoms with Gasteiger partial charge in [-0.3, -0.25) is 4.79 Å². The molecule has 1 N–H and O–H groups in total. The summed E-state index contributed by atoms with van der Waals surface area (Å²) in [4.78, 5) is 23.1. The van der Waals surface area contributed by atoms with Crippen molar-refractivity contribution in [1.29, 1.82) is 0 Å². The third kappa shape index (κ3) is 2.74. The highest BCUT2D eigenvalue weighted by molar-refractivity contribution is 9.10. The van der Waals surface area contributed by atoms with Gasteiger partial charge in [0.15, 0.2) is 5.43 Å². The summed E-state index contributed by atoms with van der Waals surface area (Å²) in [7, 11) is 0. The maximum absolute atomic E-state index is 13.1. The summed E-state index contributed by atoms with van der Waals surface area (Å²) < 4.78 is 3.01. The number of pyridine rings is 1. The van der Waals surface area contributed by atoms with Crippen molar-refractivity contribution in [2.45, 2.75) is 16.2 Å². The lowest BCUT2D eigenvalue weighted by atomic mass is 10.0. The number of rotatable bonds is 2. The van der Waals surface area contributed by atoms with Crippen LogP contribution in [0, 0.1) is 0 Å². The fourth-order valence-corrected chi connectivity index (χ4v) is 4.85. The number of halogens is 1. The fraction of sp³-hybridized carbons (Fsp3) is 0.0500. The standard InChI is InChI=1S/C20H12BrN3O2S/c21-13-1-2-17-16(4-13)24-9-12(3-11-7-22-10-23-8-11)20(26)15-5-14(25)6-18(27-17)19(15)24/h1-2,4-10,25H,3H2. The number of phenolic OH excluding ortho intramolecular Hbond substituents is 1. The van der Waals surface area contributed by atoms with Gasteiger partial charge in [-0.2, -0.15) is 0 Å². The van der Waals surface area contributed by atoms with Crippen LogP contribution in [0.5, 0.6) is 5.75 Å². The maximum Gasteiger partial charge on any atom is 0.193 e. The van der Waals surface area contributed by atoms with Crippen molar-refractivity contribution in [3.8, 4) is 11.4 Å². The molecule has 0 radical (unpaired) electrons. The molecule has 0 saturated heterocycles. The Hall–Kier alpha value is -2.64. The Morgan fingerprint density at radius 3 is 2.74 bits per heavy atom. The van der Waals surface area contributed by atoms with Crippen molar-refractivity contribution in [2.75, 3.05) is 0 Å². The Kier molecular flexibility index (Phi) is 3.80. The highest BCUT2D eigenvalue weighted by Gasteiger charge is 2.22. The zero-order chi connectivity index (χ0) is 18.5. The molecule has 5 rings (SSSR count). The normalized spacial score (nSPS) is 12.2. The van der Waals surface area contributed by atoms with Crippen LogP contribution in [0.4, 0.5) is 0 Å². The molecule has 132 valence electrons. The largest absolute Gasteiger partial charge is 0.508 e. The topological polar surface area (TPSA) is 68.0 Å². The molecule has 0 atom stereocenters. The van der Waals surface area contributed by atoms with Crippen LogP contribution in [0.1, 0.15) is 11.1 Å². The van der Waals surface area contributed by atoms with E-state index < -0.39 is 0 Å². The summed E-state index contributed by atoms with van der Waals surface area (Å²) in [5, 5.41) is 10.7. The van der Waals surface area contributed by atoms with Crippen molar-refractivity contribution < 1.29 is 5.11 Å². The van der Waals surface area contributed by atoms with Gasteiger partial charge < -0.3 is 9.67 Å². The molecule has 0 fully saturated rings. The highest BCUT2D eigenvalue weighted by atomic mass is 79.9. The first-order chi connectivity index (χ1) is 13.1. The number of aromatic hydroxyl groups is 1. The smallest absolute Gasteiger partial charge is 0.193 e. The number of hydrogen-bond donors (Lipinski definition) is 1. The van der Waals surface area contributed by atoms with E-state index in [1.54, 1.807) is 36.3 Å². The van der Waals surface area contributed by atoms with E-state index in [-0.39, 0.29) is 11.2 Å². The Balaban J connectivity index is 1.83.